The molecule has 2 heteroatoms. The van der Waals surface area contributed by atoms with Gasteiger partial charge in [-0.05, 0) is 32.6 Å². The van der Waals surface area contributed by atoms with Crippen LogP contribution < -0.4 is 0 Å². The highest BCUT2D eigenvalue weighted by molar-refractivity contribution is 4.95. The van der Waals surface area contributed by atoms with Crippen molar-refractivity contribution >= 4 is 0 Å². The van der Waals surface area contributed by atoms with Crippen LogP contribution in [-0.4, -0.2) is 35.7 Å². The highest BCUT2D eigenvalue weighted by Crippen LogP contribution is 2.35. The van der Waals surface area contributed by atoms with Gasteiger partial charge >= 0.3 is 0 Å². The molecule has 1 fully saturated rings. The molecule has 0 N–H and O–H groups in total. The maximum atomic E-state index is 5.80. The molecule has 0 spiro atoms. The first kappa shape index (κ1) is 14.0. The molecule has 1 heterocycles. The second-order valence-corrected chi connectivity index (χ2v) is 7.06. The third-order valence-electron chi connectivity index (χ3n) is 3.56. The zero-order valence-electron chi connectivity index (χ0n) is 12.1. The number of rotatable bonds is 1. The predicted octanol–water partition coefficient (Wildman–Crippen LogP) is 3.31. The van der Waals surface area contributed by atoms with E-state index in [0.29, 0.717) is 12.1 Å². The van der Waals surface area contributed by atoms with Crippen LogP contribution in [0.5, 0.6) is 0 Å². The molecule has 16 heavy (non-hydrogen) atoms. The van der Waals surface area contributed by atoms with Gasteiger partial charge in [0.2, 0.25) is 0 Å². The summed E-state index contributed by atoms with van der Waals surface area (Å²) >= 11 is 0. The van der Waals surface area contributed by atoms with Gasteiger partial charge in [0.05, 0.1) is 13.2 Å². The zero-order valence-corrected chi connectivity index (χ0v) is 12.1. The maximum Gasteiger partial charge on any atom is 0.0628 e. The van der Waals surface area contributed by atoms with E-state index < -0.39 is 0 Å². The first-order valence-corrected chi connectivity index (χ1v) is 6.54. The largest absolute Gasteiger partial charge is 0.378 e. The van der Waals surface area contributed by atoms with Crippen molar-refractivity contribution in [2.45, 2.75) is 72.5 Å². The topological polar surface area (TPSA) is 12.5 Å². The van der Waals surface area contributed by atoms with E-state index in [1.54, 1.807) is 0 Å². The van der Waals surface area contributed by atoms with E-state index in [1.165, 1.54) is 6.42 Å². The second kappa shape index (κ2) is 4.66. The Morgan fingerprint density at radius 3 is 2.00 bits per heavy atom. The van der Waals surface area contributed by atoms with Crippen molar-refractivity contribution in [1.82, 2.24) is 4.90 Å². The third-order valence-corrected chi connectivity index (χ3v) is 3.56. The first-order valence-electron chi connectivity index (χ1n) is 6.54. The fourth-order valence-electron chi connectivity index (χ4n) is 2.73. The zero-order chi connectivity index (χ0) is 12.6. The molecular weight excluding hydrogens is 198 g/mol. The van der Waals surface area contributed by atoms with Crippen LogP contribution in [0.25, 0.3) is 0 Å². The Morgan fingerprint density at radius 2 is 1.62 bits per heavy atom. The summed E-state index contributed by atoms with van der Waals surface area (Å²) in [5.41, 5.74) is 0.503. The molecule has 0 aromatic carbocycles. The first-order chi connectivity index (χ1) is 7.18. The smallest absolute Gasteiger partial charge is 0.0628 e. The number of nitrogens with zero attached hydrogens (tertiary/aromatic N) is 1. The van der Waals surface area contributed by atoms with Gasteiger partial charge in [0.15, 0.2) is 0 Å². The molecule has 2 atom stereocenters. The van der Waals surface area contributed by atoms with Gasteiger partial charge < -0.3 is 4.74 Å². The summed E-state index contributed by atoms with van der Waals surface area (Å²) in [5, 5.41) is 0. The minimum atomic E-state index is 0.225. The molecule has 1 saturated heterocycles. The van der Waals surface area contributed by atoms with Crippen LogP contribution in [0.15, 0.2) is 0 Å². The fraction of sp³-hybridized carbons (Fsp3) is 1.00. The van der Waals surface area contributed by atoms with Crippen LogP contribution >= 0.6 is 0 Å². The van der Waals surface area contributed by atoms with Gasteiger partial charge in [-0.1, -0.05) is 27.7 Å². The summed E-state index contributed by atoms with van der Waals surface area (Å²) in [6.45, 7) is 17.9. The Kier molecular flexibility index (Phi) is 4.07. The van der Waals surface area contributed by atoms with Crippen LogP contribution in [0.1, 0.15) is 54.9 Å². The van der Waals surface area contributed by atoms with Gasteiger partial charge in [-0.15, -0.1) is 0 Å². The molecule has 96 valence electrons. The van der Waals surface area contributed by atoms with Crippen LogP contribution in [0.3, 0.4) is 0 Å². The lowest BCUT2D eigenvalue weighted by Crippen LogP contribution is -2.63. The average Bonchev–Trinajstić information content (AvgIpc) is 2.13. The van der Waals surface area contributed by atoms with Gasteiger partial charge in [0.1, 0.15) is 0 Å². The molecular formula is C14H29NO. The highest BCUT2D eigenvalue weighted by atomic mass is 16.5. The standard InChI is InChI=1S/C14H29NO/c1-8-11-9-16-10-12(13(2,3)4)15(11)14(5,6)7/h11-12H,8-10H2,1-7H3. The van der Waals surface area contributed by atoms with E-state index in [1.807, 2.05) is 0 Å². The molecule has 0 aliphatic carbocycles. The quantitative estimate of drug-likeness (QED) is 0.681. The number of morpholine rings is 1. The van der Waals surface area contributed by atoms with Gasteiger partial charge in [-0.25, -0.2) is 0 Å². The van der Waals surface area contributed by atoms with Crippen molar-refractivity contribution in [2.75, 3.05) is 13.2 Å². The van der Waals surface area contributed by atoms with Crippen molar-refractivity contribution in [2.24, 2.45) is 5.41 Å². The summed E-state index contributed by atoms with van der Waals surface area (Å²) in [6, 6.07) is 1.09. The summed E-state index contributed by atoms with van der Waals surface area (Å²) in [7, 11) is 0. The monoisotopic (exact) mass is 227 g/mol. The van der Waals surface area contributed by atoms with Crippen molar-refractivity contribution in [3.8, 4) is 0 Å². The summed E-state index contributed by atoms with van der Waals surface area (Å²) in [5.74, 6) is 0. The Balaban J connectivity index is 2.97. The molecule has 2 unspecified atom stereocenters. The molecule has 2 nitrogen and oxygen atoms in total. The third kappa shape index (κ3) is 2.98. The Hall–Kier alpha value is -0.0800. The minimum Gasteiger partial charge on any atom is -0.378 e. The van der Waals surface area contributed by atoms with Crippen molar-refractivity contribution in [3.63, 3.8) is 0 Å². The van der Waals surface area contributed by atoms with Crippen molar-refractivity contribution in [1.29, 1.82) is 0 Å². The lowest BCUT2D eigenvalue weighted by atomic mass is 9.81. The Labute approximate surface area is 101 Å². The number of ether oxygens (including phenoxy) is 1. The Morgan fingerprint density at radius 1 is 1.06 bits per heavy atom. The Bertz CT molecular complexity index is 224. The molecule has 0 aromatic rings. The summed E-state index contributed by atoms with van der Waals surface area (Å²) < 4.78 is 5.80. The molecule has 0 radical (unpaired) electrons. The normalized spacial score (nSPS) is 29.4. The molecule has 0 saturated carbocycles. The van der Waals surface area contributed by atoms with Crippen LogP contribution in [0.4, 0.5) is 0 Å². The fourth-order valence-corrected chi connectivity index (χ4v) is 2.73. The van der Waals surface area contributed by atoms with Crippen LogP contribution in [0, 0.1) is 5.41 Å². The molecule has 1 aliphatic heterocycles. The van der Waals surface area contributed by atoms with Gasteiger partial charge in [-0.3, -0.25) is 4.90 Å². The molecule has 0 bridgehead atoms. The minimum absolute atomic E-state index is 0.225. The van der Waals surface area contributed by atoms with Crippen molar-refractivity contribution in [3.05, 3.63) is 0 Å². The summed E-state index contributed by atoms with van der Waals surface area (Å²) in [4.78, 5) is 2.68. The van der Waals surface area contributed by atoms with Gasteiger partial charge in [0.25, 0.3) is 0 Å². The predicted molar refractivity (Wildman–Crippen MR) is 69.7 cm³/mol. The van der Waals surface area contributed by atoms with Crippen LogP contribution in [-0.2, 0) is 4.74 Å². The van der Waals surface area contributed by atoms with E-state index >= 15 is 0 Å². The molecule has 1 aliphatic rings. The van der Waals surface area contributed by atoms with E-state index in [4.69, 9.17) is 4.74 Å². The van der Waals surface area contributed by atoms with Gasteiger partial charge in [0, 0.05) is 17.6 Å². The molecule has 0 amide bonds. The highest BCUT2D eigenvalue weighted by Gasteiger charge is 2.42. The van der Waals surface area contributed by atoms with E-state index in [2.05, 4.69) is 53.4 Å². The number of hydrogen-bond donors (Lipinski definition) is 0. The maximum absolute atomic E-state index is 5.80. The molecule has 1 rings (SSSR count). The van der Waals surface area contributed by atoms with E-state index in [9.17, 15) is 0 Å². The van der Waals surface area contributed by atoms with E-state index in [-0.39, 0.29) is 11.0 Å². The second-order valence-electron chi connectivity index (χ2n) is 7.06. The lowest BCUT2D eigenvalue weighted by Gasteiger charge is -2.53. The van der Waals surface area contributed by atoms with E-state index in [0.717, 1.165) is 13.2 Å². The summed E-state index contributed by atoms with van der Waals surface area (Å²) in [6.07, 6.45) is 1.17. The SMILES string of the molecule is CCC1COCC(C(C)(C)C)N1C(C)(C)C. The molecule has 0 aromatic heterocycles. The van der Waals surface area contributed by atoms with Crippen molar-refractivity contribution < 1.29 is 4.74 Å². The van der Waals surface area contributed by atoms with Crippen LogP contribution in [0.2, 0.25) is 0 Å². The van der Waals surface area contributed by atoms with Gasteiger partial charge in [-0.2, -0.15) is 0 Å². The average molecular weight is 227 g/mol. The number of hydrogen-bond acceptors (Lipinski definition) is 2. The lowest BCUT2D eigenvalue weighted by molar-refractivity contribution is -0.122.